The molecule has 6 nitrogen and oxygen atoms in total. The van der Waals surface area contributed by atoms with Crippen LogP contribution in [-0.2, 0) is 28.6 Å². The molecule has 0 saturated carbocycles. The zero-order valence-electron chi connectivity index (χ0n) is 43.2. The van der Waals surface area contributed by atoms with Crippen molar-refractivity contribution in [3.8, 4) is 0 Å². The van der Waals surface area contributed by atoms with Crippen LogP contribution in [0, 0.1) is 0 Å². The summed E-state index contributed by atoms with van der Waals surface area (Å²) in [6.07, 6.45) is 70.3. The maximum absolute atomic E-state index is 12.8. The maximum atomic E-state index is 12.8. The van der Waals surface area contributed by atoms with Crippen LogP contribution in [0.15, 0.2) is 85.1 Å². The van der Waals surface area contributed by atoms with Gasteiger partial charge in [0.05, 0.1) is 0 Å². The fraction of sp³-hybridized carbons (Fsp3) is 0.717. The lowest BCUT2D eigenvalue weighted by Gasteiger charge is -2.18. The fourth-order valence-electron chi connectivity index (χ4n) is 7.50. The Bertz CT molecular complexity index is 1290. The van der Waals surface area contributed by atoms with E-state index in [0.29, 0.717) is 19.3 Å². The molecule has 0 amide bonds. The number of ether oxygens (including phenoxy) is 3. The lowest BCUT2D eigenvalue weighted by Crippen LogP contribution is -2.30. The van der Waals surface area contributed by atoms with Crippen molar-refractivity contribution in [2.45, 2.75) is 264 Å². The molecule has 1 unspecified atom stereocenters. The first-order chi connectivity index (χ1) is 32.5. The van der Waals surface area contributed by atoms with E-state index in [1.165, 1.54) is 109 Å². The molecule has 0 spiro atoms. The number of rotatable bonds is 49. The Morgan fingerprint density at radius 1 is 0.318 bits per heavy atom. The van der Waals surface area contributed by atoms with Crippen molar-refractivity contribution in [2.75, 3.05) is 13.2 Å². The molecule has 0 rings (SSSR count). The SMILES string of the molecule is CC/C=C\C/C=C\C/C=C\C/C=C\CCCCCCC(=O)OC(COC(=O)CCCCCCCC)COC(=O)CCCCCCCCCCCC/C=C\C/C=C\C/C=C\CCCCCCC. The van der Waals surface area contributed by atoms with E-state index >= 15 is 0 Å². The van der Waals surface area contributed by atoms with Crippen LogP contribution in [-0.4, -0.2) is 37.2 Å². The van der Waals surface area contributed by atoms with Gasteiger partial charge in [-0.15, -0.1) is 0 Å². The van der Waals surface area contributed by atoms with Crippen molar-refractivity contribution in [3.05, 3.63) is 85.1 Å². The first-order valence-corrected chi connectivity index (χ1v) is 27.6. The minimum atomic E-state index is -0.788. The fourth-order valence-corrected chi connectivity index (χ4v) is 7.50. The second-order valence-corrected chi connectivity index (χ2v) is 18.1. The standard InChI is InChI=1S/C60H102O6/c1-4-7-10-13-16-18-20-22-24-26-27-28-29-30-31-32-33-35-36-38-40-42-44-47-50-53-59(62)65-56-57(55-64-58(61)52-49-46-15-12-9-6-3)66-60(63)54-51-48-45-43-41-39-37-34-25-23-21-19-17-14-11-8-5-2/h8,11,17,19-20,22-23,25-27,29-30,37,39,57H,4-7,9-10,12-16,18,21,24,28,31-36,38,40-56H2,1-3H3/b11-8-,19-17-,22-20-,25-23-,27-26-,30-29-,39-37-. The molecule has 6 heteroatoms. The lowest BCUT2D eigenvalue weighted by atomic mass is 10.1. The Morgan fingerprint density at radius 2 is 0.591 bits per heavy atom. The number of hydrogen-bond donors (Lipinski definition) is 0. The highest BCUT2D eigenvalue weighted by Gasteiger charge is 2.19. The molecule has 0 aromatic carbocycles. The summed E-state index contributed by atoms with van der Waals surface area (Å²) in [6, 6.07) is 0. The van der Waals surface area contributed by atoms with Crippen LogP contribution in [0.2, 0.25) is 0 Å². The van der Waals surface area contributed by atoms with Gasteiger partial charge < -0.3 is 14.2 Å². The second-order valence-electron chi connectivity index (χ2n) is 18.1. The highest BCUT2D eigenvalue weighted by atomic mass is 16.6. The van der Waals surface area contributed by atoms with Crippen molar-refractivity contribution >= 4 is 17.9 Å². The molecule has 0 radical (unpaired) electrons. The van der Waals surface area contributed by atoms with Gasteiger partial charge in [-0.25, -0.2) is 0 Å². The highest BCUT2D eigenvalue weighted by Crippen LogP contribution is 2.14. The molecule has 0 bridgehead atoms. The molecule has 66 heavy (non-hydrogen) atoms. The van der Waals surface area contributed by atoms with Crippen LogP contribution >= 0.6 is 0 Å². The summed E-state index contributed by atoms with van der Waals surface area (Å²) in [4.78, 5) is 37.8. The number of carbonyl (C=O) groups is 3. The van der Waals surface area contributed by atoms with Crippen molar-refractivity contribution in [3.63, 3.8) is 0 Å². The normalized spacial score (nSPS) is 12.7. The predicted octanol–water partition coefficient (Wildman–Crippen LogP) is 18.4. The van der Waals surface area contributed by atoms with E-state index in [2.05, 4.69) is 106 Å². The van der Waals surface area contributed by atoms with Crippen LogP contribution in [0.5, 0.6) is 0 Å². The van der Waals surface area contributed by atoms with Gasteiger partial charge in [0, 0.05) is 19.3 Å². The van der Waals surface area contributed by atoms with E-state index < -0.39 is 6.10 Å². The molecule has 0 aliphatic rings. The predicted molar refractivity (Wildman–Crippen MR) is 284 cm³/mol. The number of carbonyl (C=O) groups excluding carboxylic acids is 3. The molecule has 0 aliphatic carbocycles. The summed E-state index contributed by atoms with van der Waals surface area (Å²) >= 11 is 0. The van der Waals surface area contributed by atoms with Gasteiger partial charge in [0.2, 0.25) is 0 Å². The number of esters is 3. The second kappa shape index (κ2) is 54.2. The summed E-state index contributed by atoms with van der Waals surface area (Å²) in [5.74, 6) is -0.925. The quantitative estimate of drug-likeness (QED) is 0.0262. The molecule has 0 aromatic rings. The first-order valence-electron chi connectivity index (χ1n) is 27.6. The van der Waals surface area contributed by atoms with Gasteiger partial charge in [-0.2, -0.15) is 0 Å². The Kier molecular flexibility index (Phi) is 51.4. The third-order valence-corrected chi connectivity index (χ3v) is 11.6. The Morgan fingerprint density at radius 3 is 0.924 bits per heavy atom. The Hall–Kier alpha value is -3.41. The average molecular weight is 919 g/mol. The summed E-state index contributed by atoms with van der Waals surface area (Å²) in [6.45, 7) is 6.43. The number of hydrogen-bond acceptors (Lipinski definition) is 6. The van der Waals surface area contributed by atoms with Gasteiger partial charge >= 0.3 is 17.9 Å². The molecule has 0 heterocycles. The van der Waals surface area contributed by atoms with Gasteiger partial charge in [0.25, 0.3) is 0 Å². The van der Waals surface area contributed by atoms with E-state index in [-0.39, 0.29) is 31.1 Å². The molecule has 0 aromatic heterocycles. The molecule has 378 valence electrons. The monoisotopic (exact) mass is 919 g/mol. The molecule has 0 N–H and O–H groups in total. The molecule has 0 aliphatic heterocycles. The van der Waals surface area contributed by atoms with Gasteiger partial charge in [-0.1, -0.05) is 228 Å². The van der Waals surface area contributed by atoms with Crippen LogP contribution < -0.4 is 0 Å². The van der Waals surface area contributed by atoms with Crippen LogP contribution in [0.1, 0.15) is 258 Å². The van der Waals surface area contributed by atoms with Crippen molar-refractivity contribution in [2.24, 2.45) is 0 Å². The number of unbranched alkanes of at least 4 members (excludes halogenated alkanes) is 24. The van der Waals surface area contributed by atoms with E-state index in [1.807, 2.05) is 0 Å². The summed E-state index contributed by atoms with van der Waals surface area (Å²) in [7, 11) is 0. The van der Waals surface area contributed by atoms with Gasteiger partial charge in [0.15, 0.2) is 6.10 Å². The van der Waals surface area contributed by atoms with Crippen molar-refractivity contribution in [1.29, 1.82) is 0 Å². The van der Waals surface area contributed by atoms with Crippen molar-refractivity contribution < 1.29 is 28.6 Å². The largest absolute Gasteiger partial charge is 0.462 e. The average Bonchev–Trinajstić information content (AvgIpc) is 3.31. The molecular formula is C60H102O6. The highest BCUT2D eigenvalue weighted by molar-refractivity contribution is 5.71. The van der Waals surface area contributed by atoms with Crippen molar-refractivity contribution in [1.82, 2.24) is 0 Å². The maximum Gasteiger partial charge on any atom is 0.306 e. The summed E-state index contributed by atoms with van der Waals surface area (Å²) in [5, 5.41) is 0. The smallest absolute Gasteiger partial charge is 0.306 e. The zero-order chi connectivity index (χ0) is 47.9. The zero-order valence-corrected chi connectivity index (χ0v) is 43.2. The van der Waals surface area contributed by atoms with Gasteiger partial charge in [-0.05, 0) is 96.3 Å². The minimum absolute atomic E-state index is 0.0880. The van der Waals surface area contributed by atoms with Gasteiger partial charge in [0.1, 0.15) is 13.2 Å². The summed E-state index contributed by atoms with van der Waals surface area (Å²) < 4.78 is 16.7. The lowest BCUT2D eigenvalue weighted by molar-refractivity contribution is -0.167. The minimum Gasteiger partial charge on any atom is -0.462 e. The topological polar surface area (TPSA) is 78.9 Å². The van der Waals surface area contributed by atoms with Crippen LogP contribution in [0.25, 0.3) is 0 Å². The van der Waals surface area contributed by atoms with E-state index in [1.54, 1.807) is 0 Å². The first kappa shape index (κ1) is 62.6. The van der Waals surface area contributed by atoms with Gasteiger partial charge in [-0.3, -0.25) is 14.4 Å². The third-order valence-electron chi connectivity index (χ3n) is 11.6. The Labute approximate surface area is 407 Å². The van der Waals surface area contributed by atoms with Crippen LogP contribution in [0.4, 0.5) is 0 Å². The Balaban J connectivity index is 4.19. The third kappa shape index (κ3) is 51.6. The van der Waals surface area contributed by atoms with Crippen LogP contribution in [0.3, 0.4) is 0 Å². The molecule has 0 saturated heterocycles. The molecule has 0 fully saturated rings. The number of allylic oxidation sites excluding steroid dienone is 14. The van der Waals surface area contributed by atoms with E-state index in [9.17, 15) is 14.4 Å². The van der Waals surface area contributed by atoms with E-state index in [0.717, 1.165) is 109 Å². The molecule has 1 atom stereocenters. The molecular weight excluding hydrogens is 817 g/mol. The van der Waals surface area contributed by atoms with E-state index in [4.69, 9.17) is 14.2 Å². The summed E-state index contributed by atoms with van der Waals surface area (Å²) in [5.41, 5.74) is 0.